The number of benzene rings is 4. The second kappa shape index (κ2) is 27.1. The second-order valence-corrected chi connectivity index (χ2v) is 13.4. The molecule has 27 heteroatoms. The lowest BCUT2D eigenvalue weighted by atomic mass is 10.1. The summed E-state index contributed by atoms with van der Waals surface area (Å²) in [6.45, 7) is -19.8. The van der Waals surface area contributed by atoms with Gasteiger partial charge in [0, 0.05) is 0 Å². The highest BCUT2D eigenvalue weighted by atomic mass is 19.3. The van der Waals surface area contributed by atoms with E-state index in [1.54, 1.807) is 36.4 Å². The third-order valence-electron chi connectivity index (χ3n) is 7.88. The quantitative estimate of drug-likeness (QED) is 0.0517. The Hall–Kier alpha value is -5.38. The van der Waals surface area contributed by atoms with Crippen molar-refractivity contribution < 1.29 is 122 Å². The highest BCUT2D eigenvalue weighted by molar-refractivity contribution is 5.23. The Balaban J connectivity index is 0.000000469. The van der Waals surface area contributed by atoms with Crippen molar-refractivity contribution in [2.75, 3.05) is 66.7 Å². The Morgan fingerprint density at radius 1 is 0.290 bits per heavy atom. The van der Waals surface area contributed by atoms with E-state index in [4.69, 9.17) is 0 Å². The fourth-order valence-electron chi connectivity index (χ4n) is 4.25. The Labute approximate surface area is 380 Å². The van der Waals surface area contributed by atoms with Crippen LogP contribution in [0.15, 0.2) is 121 Å². The maximum Gasteiger partial charge on any atom is 0.399 e. The lowest BCUT2D eigenvalue weighted by Gasteiger charge is -2.37. The second-order valence-electron chi connectivity index (χ2n) is 13.4. The Morgan fingerprint density at radius 2 is 0.507 bits per heavy atom. The molecule has 388 valence electrons. The smallest absolute Gasteiger partial charge is 0.399 e. The number of hydrogen-bond donors (Lipinski definition) is 0. The molecule has 0 saturated carbocycles. The summed E-state index contributed by atoms with van der Waals surface area (Å²) in [6.07, 6.45) is -28.7. The Morgan fingerprint density at radius 3 is 0.710 bits per heavy atom. The van der Waals surface area contributed by atoms with Crippen LogP contribution in [0.5, 0.6) is 23.0 Å². The van der Waals surface area contributed by atoms with Crippen LogP contribution in [0, 0.1) is 0 Å². The van der Waals surface area contributed by atoms with Gasteiger partial charge in [-0.05, 0) is 48.5 Å². The fourth-order valence-corrected chi connectivity index (χ4v) is 4.25. The molecule has 0 N–H and O–H groups in total. The molecule has 4 aromatic carbocycles. The summed E-state index contributed by atoms with van der Waals surface area (Å²) >= 11 is 0. The van der Waals surface area contributed by atoms with E-state index >= 15 is 0 Å². The van der Waals surface area contributed by atoms with E-state index in [-0.39, 0.29) is 23.0 Å². The predicted molar refractivity (Wildman–Crippen MR) is 204 cm³/mol. The van der Waals surface area contributed by atoms with Crippen LogP contribution in [0.4, 0.5) is 79.0 Å². The van der Waals surface area contributed by atoms with Crippen LogP contribution >= 0.6 is 0 Å². The molecular weight excluding hydrogens is 990 g/mol. The van der Waals surface area contributed by atoms with Gasteiger partial charge in [0.25, 0.3) is 11.3 Å². The van der Waals surface area contributed by atoms with Crippen molar-refractivity contribution in [2.24, 2.45) is 0 Å². The molecule has 0 amide bonds. The largest absolute Gasteiger partial charge is 0.484 e. The summed E-state index contributed by atoms with van der Waals surface area (Å²) in [5.74, 6) is 0.223. The summed E-state index contributed by atoms with van der Waals surface area (Å²) in [5, 5.41) is 0. The van der Waals surface area contributed by atoms with E-state index in [9.17, 15) is 79.0 Å². The molecule has 0 fully saturated rings. The Kier molecular flexibility index (Phi) is 23.5. The van der Waals surface area contributed by atoms with Crippen LogP contribution < -0.4 is 18.9 Å². The summed E-state index contributed by atoms with van der Waals surface area (Å²) in [5.41, 5.74) is -10.3. The molecule has 0 bridgehead atoms. The van der Waals surface area contributed by atoms with Crippen LogP contribution in [0.3, 0.4) is 0 Å². The van der Waals surface area contributed by atoms with E-state index in [1.165, 1.54) is 84.9 Å². The predicted octanol–water partition coefficient (Wildman–Crippen LogP) is 12.1. The van der Waals surface area contributed by atoms with Crippen LogP contribution in [0.2, 0.25) is 0 Å². The first kappa shape index (κ1) is 59.7. The highest BCUT2D eigenvalue weighted by Crippen LogP contribution is 2.45. The number of ether oxygens (including phenoxy) is 9. The van der Waals surface area contributed by atoms with Gasteiger partial charge in [0.1, 0.15) is 36.3 Å². The normalized spacial score (nSPS) is 14.2. The van der Waals surface area contributed by atoms with Crippen molar-refractivity contribution in [3.8, 4) is 23.0 Å². The highest BCUT2D eigenvalue weighted by Gasteiger charge is 2.68. The van der Waals surface area contributed by atoms with Gasteiger partial charge >= 0.3 is 36.7 Å². The van der Waals surface area contributed by atoms with Gasteiger partial charge in [-0.15, -0.1) is 0 Å². The molecule has 2 unspecified atom stereocenters. The number of para-hydroxylation sites is 4. The van der Waals surface area contributed by atoms with E-state index in [0.717, 1.165) is 0 Å². The van der Waals surface area contributed by atoms with Crippen molar-refractivity contribution in [2.45, 2.75) is 48.0 Å². The van der Waals surface area contributed by atoms with Crippen LogP contribution in [-0.4, -0.2) is 115 Å². The summed E-state index contributed by atoms with van der Waals surface area (Å²) in [7, 11) is 0. The van der Waals surface area contributed by atoms with E-state index in [2.05, 4.69) is 42.6 Å². The van der Waals surface area contributed by atoms with Gasteiger partial charge in [0.15, 0.2) is 40.1 Å². The molecule has 2 atom stereocenters. The topological polar surface area (TPSA) is 83.1 Å². The van der Waals surface area contributed by atoms with Crippen molar-refractivity contribution >= 4 is 0 Å². The van der Waals surface area contributed by atoms with Gasteiger partial charge in [-0.2, -0.15) is 52.7 Å². The third-order valence-corrected chi connectivity index (χ3v) is 7.88. The van der Waals surface area contributed by atoms with E-state index in [0.29, 0.717) is 0 Å². The fraction of sp³-hybridized carbons (Fsp3) is 0.429. The van der Waals surface area contributed by atoms with Gasteiger partial charge in [-0.25, -0.2) is 31.1 Å². The Bertz CT molecular complexity index is 1840. The first-order chi connectivity index (χ1) is 32.2. The lowest BCUT2D eigenvalue weighted by molar-refractivity contribution is -0.450. The minimum absolute atomic E-state index is 0.175. The zero-order chi connectivity index (χ0) is 51.9. The first-order valence-corrected chi connectivity index (χ1v) is 19.0. The molecule has 9 nitrogen and oxygen atoms in total. The number of rotatable bonds is 28. The van der Waals surface area contributed by atoms with Crippen molar-refractivity contribution in [3.05, 3.63) is 121 Å². The number of alkyl halides is 18. The molecule has 4 rings (SSSR count). The van der Waals surface area contributed by atoms with Gasteiger partial charge < -0.3 is 28.4 Å². The number of halogens is 18. The SMILES string of the molecule is FCC(F)(COC(F)(F)COc1ccccc1)C(F)(F)OC(F)(F)C(F)(CF)COC(F)(F)COc1ccccc1.FCOC(F)(F)COc1ccccc1.FCOC(F)(F)COc1ccccc1. The maximum absolute atomic E-state index is 14.6. The van der Waals surface area contributed by atoms with E-state index < -0.39 is 115 Å². The lowest BCUT2D eigenvalue weighted by Crippen LogP contribution is -2.61. The summed E-state index contributed by atoms with van der Waals surface area (Å²) < 4.78 is 277. The maximum atomic E-state index is 14.6. The van der Waals surface area contributed by atoms with E-state index in [1.807, 2.05) is 0 Å². The molecule has 0 aromatic heterocycles. The molecule has 0 heterocycles. The van der Waals surface area contributed by atoms with Crippen molar-refractivity contribution in [1.82, 2.24) is 0 Å². The minimum atomic E-state index is -6.19. The summed E-state index contributed by atoms with van der Waals surface area (Å²) in [4.78, 5) is 0. The van der Waals surface area contributed by atoms with Crippen molar-refractivity contribution in [1.29, 1.82) is 0 Å². The van der Waals surface area contributed by atoms with Crippen LogP contribution in [0.25, 0.3) is 0 Å². The number of hydrogen-bond acceptors (Lipinski definition) is 9. The average Bonchev–Trinajstić information content (AvgIpc) is 3.31. The summed E-state index contributed by atoms with van der Waals surface area (Å²) in [6, 6.07) is 29.2. The molecule has 0 saturated heterocycles. The van der Waals surface area contributed by atoms with Gasteiger partial charge in [-0.1, -0.05) is 72.8 Å². The van der Waals surface area contributed by atoms with Crippen LogP contribution in [-0.2, 0) is 23.7 Å². The first-order valence-electron chi connectivity index (χ1n) is 19.0. The van der Waals surface area contributed by atoms with Crippen LogP contribution in [0.1, 0.15) is 0 Å². The van der Waals surface area contributed by atoms with Gasteiger partial charge in [0.2, 0.25) is 0 Å². The van der Waals surface area contributed by atoms with Gasteiger partial charge in [0.05, 0.1) is 13.2 Å². The third kappa shape index (κ3) is 21.9. The van der Waals surface area contributed by atoms with Crippen molar-refractivity contribution in [3.63, 3.8) is 0 Å². The van der Waals surface area contributed by atoms with Gasteiger partial charge in [-0.3, -0.25) is 9.47 Å². The zero-order valence-electron chi connectivity index (χ0n) is 35.1. The molecule has 0 aliphatic rings. The molecule has 0 radical (unpaired) electrons. The molecule has 0 spiro atoms. The molecule has 0 aliphatic carbocycles. The molecule has 4 aromatic rings. The standard InChI is InChI=1S/C24H22F12O5.2C9H9F3O2/c25-11-19(27,13-39-21(29,30)15-37-17-7-3-1-4-8-17)23(33,34)41-24(35,36)20(28,12-26)14-40-22(31,32)16-38-18-9-5-2-6-10-18;2*10-7-14-9(11,12)6-13-8-4-2-1-3-5-8/h1-10H,11-16H2;2*1-5H,6-7H2. The zero-order valence-corrected chi connectivity index (χ0v) is 35.1. The molecule has 0 aliphatic heterocycles. The average molecular weight is 1030 g/mol. The monoisotopic (exact) mass is 1030 g/mol. The molecular formula is C42H40F18O9. The minimum Gasteiger partial charge on any atom is -0.484 e. The molecule has 69 heavy (non-hydrogen) atoms.